The molecular formula is C40H70N10O10S. The van der Waals surface area contributed by atoms with Crippen molar-refractivity contribution >= 4 is 65.1 Å². The highest BCUT2D eigenvalue weighted by Gasteiger charge is 2.42. The lowest BCUT2D eigenvalue weighted by Gasteiger charge is -2.30. The number of nitrogens with two attached hydrogens (primary N) is 1. The third-order valence-corrected chi connectivity index (χ3v) is 12.6. The zero-order chi connectivity index (χ0) is 45.6. The summed E-state index contributed by atoms with van der Waals surface area (Å²) >= 11 is 1.84. The SMILES string of the molecule is CC[C@H](C)[C@H](NC(=O)C(CC(=O)NO)CC(C)C)C(=O)N[C@H](C(=O)NCC(=O)NCC(=O)N[C@@H](CCCCNC(=O)CCCC[C@@H]1SC[C@@H]2NC(=O)N[C@@H]21)C(N)=O)[C@@H](C)CC. The maximum atomic E-state index is 13.6. The minimum Gasteiger partial charge on any atom is -0.368 e. The highest BCUT2D eigenvalue weighted by molar-refractivity contribution is 8.00. The summed E-state index contributed by atoms with van der Waals surface area (Å²) in [6.07, 6.45) is 5.20. The molecule has 2 rings (SSSR count). The fourth-order valence-electron chi connectivity index (χ4n) is 7.15. The van der Waals surface area contributed by atoms with Crippen molar-refractivity contribution in [2.45, 2.75) is 148 Å². The van der Waals surface area contributed by atoms with Gasteiger partial charge in [-0.15, -0.1) is 0 Å². The van der Waals surface area contributed by atoms with E-state index < -0.39 is 78.5 Å². The number of unbranched alkanes of at least 4 members (excludes halogenated alkanes) is 2. The molecule has 0 aliphatic carbocycles. The molecule has 2 aliphatic heterocycles. The molecule has 2 aliphatic rings. The summed E-state index contributed by atoms with van der Waals surface area (Å²) in [5.41, 5.74) is 7.03. The Morgan fingerprint density at radius 3 is 2.02 bits per heavy atom. The van der Waals surface area contributed by atoms with E-state index in [0.717, 1.165) is 25.0 Å². The highest BCUT2D eigenvalue weighted by Crippen LogP contribution is 2.33. The van der Waals surface area contributed by atoms with Gasteiger partial charge in [-0.3, -0.25) is 43.6 Å². The molecule has 12 N–H and O–H groups in total. The van der Waals surface area contributed by atoms with E-state index in [1.807, 2.05) is 39.5 Å². The molecular weight excluding hydrogens is 813 g/mol. The van der Waals surface area contributed by atoms with Gasteiger partial charge in [-0.05, 0) is 56.3 Å². The minimum absolute atomic E-state index is 0.0408. The average molecular weight is 883 g/mol. The van der Waals surface area contributed by atoms with Gasteiger partial charge in [0.1, 0.15) is 18.1 Å². The van der Waals surface area contributed by atoms with Crippen molar-refractivity contribution in [3.05, 3.63) is 0 Å². The normalized spacial score (nSPS) is 19.7. The van der Waals surface area contributed by atoms with Gasteiger partial charge in [0.25, 0.3) is 0 Å². The third-order valence-electron chi connectivity index (χ3n) is 11.1. The van der Waals surface area contributed by atoms with Crippen LogP contribution >= 0.6 is 11.8 Å². The summed E-state index contributed by atoms with van der Waals surface area (Å²) in [7, 11) is 0. The van der Waals surface area contributed by atoms with Gasteiger partial charge >= 0.3 is 6.03 Å². The van der Waals surface area contributed by atoms with E-state index in [0.29, 0.717) is 50.3 Å². The van der Waals surface area contributed by atoms with E-state index in [9.17, 15) is 43.2 Å². The monoisotopic (exact) mass is 882 g/mol. The molecule has 0 spiro atoms. The Morgan fingerprint density at radius 2 is 1.39 bits per heavy atom. The van der Waals surface area contributed by atoms with Crippen molar-refractivity contribution in [2.75, 3.05) is 25.4 Å². The first kappa shape index (κ1) is 52.5. The second kappa shape index (κ2) is 27.3. The fourth-order valence-corrected chi connectivity index (χ4v) is 8.70. The zero-order valence-electron chi connectivity index (χ0n) is 36.5. The maximum Gasteiger partial charge on any atom is 0.315 e. The van der Waals surface area contributed by atoms with Crippen molar-refractivity contribution in [1.29, 1.82) is 0 Å². The molecule has 346 valence electrons. The summed E-state index contributed by atoms with van der Waals surface area (Å²) < 4.78 is 0. The van der Waals surface area contributed by atoms with Crippen molar-refractivity contribution in [1.82, 2.24) is 48.0 Å². The molecule has 0 aromatic carbocycles. The highest BCUT2D eigenvalue weighted by atomic mass is 32.2. The van der Waals surface area contributed by atoms with E-state index in [1.165, 1.54) is 5.48 Å². The Balaban J connectivity index is 1.76. The Morgan fingerprint density at radius 1 is 0.754 bits per heavy atom. The van der Waals surface area contributed by atoms with Crippen LogP contribution in [0.5, 0.6) is 0 Å². The topological polar surface area (TPSA) is 308 Å². The molecule has 1 unspecified atom stereocenters. The van der Waals surface area contributed by atoms with E-state index >= 15 is 0 Å². The Hall–Kier alpha value is -4.66. The van der Waals surface area contributed by atoms with Crippen molar-refractivity contribution < 1.29 is 48.4 Å². The number of hydrogen-bond acceptors (Lipinski definition) is 11. The van der Waals surface area contributed by atoms with Crippen LogP contribution in [0.2, 0.25) is 0 Å². The summed E-state index contributed by atoms with van der Waals surface area (Å²) in [5, 5.41) is 30.9. The van der Waals surface area contributed by atoms with Crippen LogP contribution in [0.3, 0.4) is 0 Å². The summed E-state index contributed by atoms with van der Waals surface area (Å²) in [5.74, 6) is -5.37. The van der Waals surface area contributed by atoms with Crippen LogP contribution in [0.25, 0.3) is 0 Å². The molecule has 9 atom stereocenters. The molecule has 0 aromatic heterocycles. The first-order valence-corrected chi connectivity index (χ1v) is 22.6. The molecule has 61 heavy (non-hydrogen) atoms. The van der Waals surface area contributed by atoms with Gasteiger partial charge in [0, 0.05) is 36.3 Å². The van der Waals surface area contributed by atoms with E-state index in [4.69, 9.17) is 10.9 Å². The molecule has 2 heterocycles. The summed E-state index contributed by atoms with van der Waals surface area (Å²) in [6, 6.07) is -2.93. The predicted molar refractivity (Wildman–Crippen MR) is 228 cm³/mol. The average Bonchev–Trinajstić information content (AvgIpc) is 3.78. The maximum absolute atomic E-state index is 13.6. The number of fused-ring (bicyclic) bond motifs is 1. The third kappa shape index (κ3) is 18.9. The van der Waals surface area contributed by atoms with Crippen LogP contribution in [0.1, 0.15) is 112 Å². The second-order valence-corrected chi connectivity index (χ2v) is 17.8. The Bertz CT molecular complexity index is 1520. The van der Waals surface area contributed by atoms with Crippen molar-refractivity contribution in [2.24, 2.45) is 29.4 Å². The lowest BCUT2D eigenvalue weighted by molar-refractivity contribution is -0.138. The molecule has 2 saturated heterocycles. The number of carbonyl (C=O) groups is 9. The van der Waals surface area contributed by atoms with Gasteiger partial charge in [0.2, 0.25) is 47.3 Å². The van der Waals surface area contributed by atoms with E-state index in [2.05, 4.69) is 42.5 Å². The van der Waals surface area contributed by atoms with Crippen LogP contribution in [0.4, 0.5) is 4.79 Å². The van der Waals surface area contributed by atoms with Crippen molar-refractivity contribution in [3.8, 4) is 0 Å². The van der Waals surface area contributed by atoms with Gasteiger partial charge in [-0.1, -0.05) is 60.8 Å². The number of hydroxylamine groups is 1. The van der Waals surface area contributed by atoms with Crippen LogP contribution in [0.15, 0.2) is 0 Å². The number of amides is 10. The van der Waals surface area contributed by atoms with Crippen LogP contribution in [-0.2, 0) is 38.4 Å². The minimum atomic E-state index is -1.08. The molecule has 2 fully saturated rings. The Kier molecular flexibility index (Phi) is 23.5. The molecule has 0 radical (unpaired) electrons. The van der Waals surface area contributed by atoms with Gasteiger partial charge in [-0.25, -0.2) is 10.3 Å². The number of thioether (sulfide) groups is 1. The number of rotatable bonds is 29. The standard InChI is InChI=1S/C40H70N10O10S/c1-7-23(5)33(48-39(58)34(24(6)8-2)47-37(56)25(17-22(3)4)18-30(52)50-60)38(57)44-19-31(53)43-20-32(54)45-26(36(41)55)13-11-12-16-42-29(51)15-10-9-14-28-35-27(21-61-28)46-40(59)49-35/h22-28,33-35,60H,7-21H2,1-6H3,(H2,41,55)(H,42,51)(H,43,53)(H,44,57)(H,45,54)(H,47,56)(H,48,58)(H,50,52)(H2,46,49,59)/t23-,24-,25?,26-,27-,28-,33-,34-,35-/m0/s1. The van der Waals surface area contributed by atoms with Crippen molar-refractivity contribution in [3.63, 3.8) is 0 Å². The van der Waals surface area contributed by atoms with Gasteiger partial charge in [-0.2, -0.15) is 11.8 Å². The Labute approximate surface area is 363 Å². The first-order valence-electron chi connectivity index (χ1n) is 21.5. The van der Waals surface area contributed by atoms with Crippen LogP contribution < -0.4 is 53.7 Å². The molecule has 20 nitrogen and oxygen atoms in total. The zero-order valence-corrected chi connectivity index (χ0v) is 37.3. The van der Waals surface area contributed by atoms with Crippen LogP contribution in [-0.4, -0.2) is 119 Å². The largest absolute Gasteiger partial charge is 0.368 e. The number of nitrogens with one attached hydrogen (secondary N) is 9. The first-order chi connectivity index (χ1) is 28.9. The van der Waals surface area contributed by atoms with E-state index in [-0.39, 0.29) is 54.6 Å². The summed E-state index contributed by atoms with van der Waals surface area (Å²) in [4.78, 5) is 113. The molecule has 21 heteroatoms. The molecule has 10 amide bonds. The van der Waals surface area contributed by atoms with E-state index in [1.54, 1.807) is 13.8 Å². The fraction of sp³-hybridized carbons (Fsp3) is 0.775. The second-order valence-electron chi connectivity index (χ2n) is 16.5. The molecule has 0 saturated carbocycles. The lowest BCUT2D eigenvalue weighted by Crippen LogP contribution is -2.58. The summed E-state index contributed by atoms with van der Waals surface area (Å²) in [6.45, 7) is 10.3. The number of carbonyl (C=O) groups excluding carboxylic acids is 9. The number of urea groups is 1. The predicted octanol–water partition coefficient (Wildman–Crippen LogP) is -0.179. The smallest absolute Gasteiger partial charge is 0.315 e. The van der Waals surface area contributed by atoms with Gasteiger partial charge < -0.3 is 48.3 Å². The number of hydrogen-bond donors (Lipinski definition) is 11. The molecule has 0 aromatic rings. The number of primary amides is 1. The van der Waals surface area contributed by atoms with Gasteiger partial charge in [0.05, 0.1) is 25.2 Å². The molecule has 0 bridgehead atoms. The quantitative estimate of drug-likeness (QED) is 0.0203. The van der Waals surface area contributed by atoms with Crippen LogP contribution in [0, 0.1) is 23.7 Å². The van der Waals surface area contributed by atoms with Gasteiger partial charge in [0.15, 0.2) is 0 Å². The lowest BCUT2D eigenvalue weighted by atomic mass is 9.91.